The Morgan fingerprint density at radius 2 is 0.597 bits per heavy atom. The summed E-state index contributed by atoms with van der Waals surface area (Å²) in [5.41, 5.74) is 29.5. The molecule has 12 aromatic carbocycles. The van der Waals surface area contributed by atoms with Crippen molar-refractivity contribution in [2.45, 2.75) is 38.5 Å². The van der Waals surface area contributed by atoms with Crippen molar-refractivity contribution in [3.63, 3.8) is 0 Å². The van der Waals surface area contributed by atoms with Crippen LogP contribution in [-0.2, 0) is 10.8 Å². The monoisotopic (exact) mass is 910 g/mol. The second-order valence-electron chi connectivity index (χ2n) is 22.1. The summed E-state index contributed by atoms with van der Waals surface area (Å²) in [5, 5.41) is 8.22. The fourth-order valence-electron chi connectivity index (χ4n) is 15.0. The average molecular weight is 911 g/mol. The smallest absolute Gasteiger partial charge is 0.0667 e. The third-order valence-electron chi connectivity index (χ3n) is 18.0. The Labute approximate surface area is 422 Å². The van der Waals surface area contributed by atoms with E-state index in [1.165, 1.54) is 154 Å². The van der Waals surface area contributed by atoms with Gasteiger partial charge in [0.1, 0.15) is 0 Å². The molecule has 0 saturated carbocycles. The average Bonchev–Trinajstić information content (AvgIpc) is 3.44. The predicted octanol–water partition coefficient (Wildman–Crippen LogP) is 13.5. The molecule has 0 saturated heterocycles. The second-order valence-corrected chi connectivity index (χ2v) is 22.1. The highest BCUT2D eigenvalue weighted by Gasteiger charge is 2.47. The third-order valence-corrected chi connectivity index (χ3v) is 18.0. The van der Waals surface area contributed by atoms with Crippen molar-refractivity contribution in [3.05, 3.63) is 241 Å². The van der Waals surface area contributed by atoms with E-state index in [1.807, 2.05) is 0 Å². The Morgan fingerprint density at radius 1 is 0.250 bits per heavy atom. The zero-order chi connectivity index (χ0) is 47.8. The van der Waals surface area contributed by atoms with Gasteiger partial charge in [-0.3, -0.25) is 0 Å². The van der Waals surface area contributed by atoms with Gasteiger partial charge in [0.2, 0.25) is 13.4 Å². The van der Waals surface area contributed by atoms with Crippen molar-refractivity contribution in [1.82, 2.24) is 0 Å². The van der Waals surface area contributed by atoms with Gasteiger partial charge in [0, 0.05) is 10.8 Å². The van der Waals surface area contributed by atoms with Crippen molar-refractivity contribution < 1.29 is 0 Å². The second kappa shape index (κ2) is 14.2. The highest BCUT2D eigenvalue weighted by Crippen LogP contribution is 2.53. The van der Waals surface area contributed by atoms with Crippen LogP contribution in [0.4, 0.5) is 0 Å². The molecule has 0 aliphatic carbocycles. The minimum absolute atomic E-state index is 0.0704. The van der Waals surface area contributed by atoms with Crippen molar-refractivity contribution >= 4 is 78.5 Å². The van der Waals surface area contributed by atoms with E-state index in [0.717, 1.165) is 0 Å². The highest BCUT2D eigenvalue weighted by atomic mass is 14.4. The van der Waals surface area contributed by atoms with Gasteiger partial charge >= 0.3 is 0 Å². The van der Waals surface area contributed by atoms with Crippen molar-refractivity contribution in [1.29, 1.82) is 0 Å². The summed E-state index contributed by atoms with van der Waals surface area (Å²) in [5.74, 6) is 0. The van der Waals surface area contributed by atoms with E-state index in [-0.39, 0.29) is 24.3 Å². The Morgan fingerprint density at radius 3 is 1.03 bits per heavy atom. The molecule has 2 heteroatoms. The first-order valence-corrected chi connectivity index (χ1v) is 25.9. The molecule has 4 aliphatic rings. The van der Waals surface area contributed by atoms with Gasteiger partial charge in [-0.05, 0) is 133 Å². The van der Waals surface area contributed by atoms with E-state index in [4.69, 9.17) is 0 Å². The lowest BCUT2D eigenvalue weighted by Crippen LogP contribution is -2.62. The zero-order valence-electron chi connectivity index (χ0n) is 40.9. The van der Waals surface area contributed by atoms with Crippen molar-refractivity contribution in [2.75, 3.05) is 0 Å². The van der Waals surface area contributed by atoms with Crippen LogP contribution in [0.5, 0.6) is 0 Å². The lowest BCUT2D eigenvalue weighted by atomic mass is 9.28. The highest BCUT2D eigenvalue weighted by molar-refractivity contribution is 7.01. The van der Waals surface area contributed by atoms with Gasteiger partial charge in [-0.15, -0.1) is 0 Å². The van der Waals surface area contributed by atoms with Gasteiger partial charge < -0.3 is 0 Å². The first kappa shape index (κ1) is 40.5. The molecule has 0 bridgehead atoms. The molecule has 72 heavy (non-hydrogen) atoms. The van der Waals surface area contributed by atoms with E-state index in [1.54, 1.807) is 0 Å². The largest absolute Gasteiger partial charge is 0.243 e. The molecule has 0 atom stereocenters. The number of hydrogen-bond acceptors (Lipinski definition) is 0. The predicted molar refractivity (Wildman–Crippen MR) is 309 cm³/mol. The summed E-state index contributed by atoms with van der Waals surface area (Å²) in [6.07, 6.45) is 0. The maximum atomic E-state index is 2.65. The summed E-state index contributed by atoms with van der Waals surface area (Å²) in [6.45, 7) is 9.91. The maximum Gasteiger partial charge on any atom is 0.243 e. The number of rotatable bonds is 4. The Balaban J connectivity index is 1.17. The lowest BCUT2D eigenvalue weighted by Gasteiger charge is -2.43. The summed E-state index contributed by atoms with van der Waals surface area (Å²) >= 11 is 0. The molecule has 0 unspecified atom stereocenters. The molecule has 0 amide bonds. The number of fused-ring (bicyclic) bond motifs is 8. The number of hydrogen-bond donors (Lipinski definition) is 0. The van der Waals surface area contributed by atoms with E-state index in [9.17, 15) is 0 Å². The van der Waals surface area contributed by atoms with Gasteiger partial charge in [-0.25, -0.2) is 0 Å². The van der Waals surface area contributed by atoms with Crippen LogP contribution in [0, 0.1) is 0 Å². The molecule has 0 N–H and O–H groups in total. The van der Waals surface area contributed by atoms with Gasteiger partial charge in [-0.1, -0.05) is 267 Å². The Kier molecular flexibility index (Phi) is 8.02. The maximum absolute atomic E-state index is 2.65. The van der Waals surface area contributed by atoms with Crippen LogP contribution in [0.25, 0.3) is 99.1 Å². The van der Waals surface area contributed by atoms with Crippen LogP contribution in [-0.4, -0.2) is 13.4 Å². The normalized spacial score (nSPS) is 14.8. The minimum Gasteiger partial charge on any atom is -0.0667 e. The number of benzene rings is 12. The van der Waals surface area contributed by atoms with Crippen molar-refractivity contribution in [2.24, 2.45) is 0 Å². The lowest BCUT2D eigenvalue weighted by molar-refractivity contribution is 0.646. The van der Waals surface area contributed by atoms with Crippen LogP contribution in [0.15, 0.2) is 218 Å². The third kappa shape index (κ3) is 5.09. The molecule has 12 aromatic rings. The summed E-state index contributed by atoms with van der Waals surface area (Å²) in [7, 11) is 0. The van der Waals surface area contributed by atoms with E-state index < -0.39 is 0 Å². The van der Waals surface area contributed by atoms with Crippen LogP contribution in [0.2, 0.25) is 0 Å². The van der Waals surface area contributed by atoms with Crippen LogP contribution >= 0.6 is 0 Å². The van der Waals surface area contributed by atoms with Gasteiger partial charge in [0.25, 0.3) is 0 Å². The van der Waals surface area contributed by atoms with Crippen LogP contribution in [0.1, 0.15) is 49.9 Å². The Bertz CT molecular complexity index is 4050. The summed E-state index contributed by atoms with van der Waals surface area (Å²) in [6, 6.07) is 84.2. The minimum atomic E-state index is -0.173. The van der Waals surface area contributed by atoms with Gasteiger partial charge in [0.15, 0.2) is 0 Å². The molecular weight excluding hydrogens is 862 g/mol. The molecule has 0 fully saturated rings. The first-order chi connectivity index (χ1) is 35.3. The molecule has 0 spiro atoms. The quantitative estimate of drug-likeness (QED) is 0.122. The van der Waals surface area contributed by atoms with Gasteiger partial charge in [-0.2, -0.15) is 0 Å². The standard InChI is InChI=1S/C70H48B2/c1-69(2)55-31-15-17-35-59(55)71-61-39-49(45-27-13-11-25-43(45)41-21-7-5-8-22-41)54-38-52-48-30-20-34-58-68(48)72(60-36-18-16-32-56(60)70(58,3)4)62-40-50(46-28-14-12-26-44(46)42-23-9-6-10-24-42)53-37-51(47-29-19-33-57(69)67(47)71)63(61)65(54)66(53)64(52)62/h5-40H,1-4H3. The van der Waals surface area contributed by atoms with Crippen LogP contribution in [0.3, 0.4) is 0 Å². The molecule has 4 heterocycles. The topological polar surface area (TPSA) is 0 Å². The van der Waals surface area contributed by atoms with E-state index in [0.29, 0.717) is 0 Å². The summed E-state index contributed by atoms with van der Waals surface area (Å²) < 4.78 is 0. The molecule has 4 aliphatic heterocycles. The first-order valence-electron chi connectivity index (χ1n) is 25.9. The molecule has 0 nitrogen and oxygen atoms in total. The van der Waals surface area contributed by atoms with Crippen molar-refractivity contribution in [3.8, 4) is 66.8 Å². The fourth-order valence-corrected chi connectivity index (χ4v) is 15.0. The van der Waals surface area contributed by atoms with E-state index >= 15 is 0 Å². The zero-order valence-corrected chi connectivity index (χ0v) is 40.9. The molecule has 0 radical (unpaired) electrons. The summed E-state index contributed by atoms with van der Waals surface area (Å²) in [4.78, 5) is 0. The SMILES string of the molecule is CC1(C)c2ccccc2B2c3c(cccc31)-c1cc3c(-c4ccccc4-c4ccccc4)cc4c5c(cc6c(-c7ccccc7-c7ccccc7)cc2c1c6c35)-c1cccc2c1B4c1ccccc1C2(C)C. The molecular formula is C70H48B2. The fraction of sp³-hybridized carbons (Fsp3) is 0.0857. The van der Waals surface area contributed by atoms with Gasteiger partial charge in [0.05, 0.1) is 0 Å². The molecule has 334 valence electrons. The Hall–Kier alpha value is -8.19. The molecule has 16 rings (SSSR count). The molecule has 0 aromatic heterocycles. The van der Waals surface area contributed by atoms with Crippen LogP contribution < -0.4 is 32.8 Å². The van der Waals surface area contributed by atoms with E-state index in [2.05, 4.69) is 246 Å².